The maximum absolute atomic E-state index is 4.81. The summed E-state index contributed by atoms with van der Waals surface area (Å²) >= 11 is 5.24. The number of hydrogen-bond acceptors (Lipinski definition) is 5. The molecule has 0 saturated heterocycles. The minimum atomic E-state index is 0.556. The van der Waals surface area contributed by atoms with E-state index in [4.69, 9.17) is 4.98 Å². The van der Waals surface area contributed by atoms with Gasteiger partial charge in [0, 0.05) is 32.1 Å². The first kappa shape index (κ1) is 14.8. The summed E-state index contributed by atoms with van der Waals surface area (Å²) in [7, 11) is 4.02. The largest absolute Gasteiger partial charge is 0.373 e. The highest BCUT2D eigenvalue weighted by molar-refractivity contribution is 9.11. The molecule has 1 aliphatic carbocycles. The van der Waals surface area contributed by atoms with Gasteiger partial charge in [-0.25, -0.2) is 9.97 Å². The predicted molar refractivity (Wildman–Crippen MR) is 92.4 cm³/mol. The van der Waals surface area contributed by atoms with Crippen LogP contribution in [0.4, 0.5) is 11.6 Å². The minimum Gasteiger partial charge on any atom is -0.373 e. The normalized spacial score (nSPS) is 14.3. The zero-order valence-corrected chi connectivity index (χ0v) is 14.9. The van der Waals surface area contributed by atoms with Gasteiger partial charge in [-0.05, 0) is 52.7 Å². The highest BCUT2D eigenvalue weighted by Gasteiger charge is 2.28. The van der Waals surface area contributed by atoms with Gasteiger partial charge in [0.25, 0.3) is 0 Å². The third kappa shape index (κ3) is 3.21. The van der Waals surface area contributed by atoms with Gasteiger partial charge < -0.3 is 10.2 Å². The van der Waals surface area contributed by atoms with Crippen molar-refractivity contribution in [1.29, 1.82) is 0 Å². The molecule has 0 spiro atoms. The second-order valence-electron chi connectivity index (χ2n) is 5.52. The molecule has 0 aromatic carbocycles. The quantitative estimate of drug-likeness (QED) is 0.862. The molecule has 3 rings (SSSR count). The molecule has 1 fully saturated rings. The molecule has 2 aromatic rings. The van der Waals surface area contributed by atoms with Crippen LogP contribution in [-0.4, -0.2) is 24.1 Å². The van der Waals surface area contributed by atoms with Crippen LogP contribution in [0.3, 0.4) is 0 Å². The van der Waals surface area contributed by atoms with E-state index in [0.717, 1.165) is 29.6 Å². The number of anilines is 2. The Hall–Kier alpha value is -1.14. The average Bonchev–Trinajstić information content (AvgIpc) is 3.23. The van der Waals surface area contributed by atoms with Gasteiger partial charge in [-0.15, -0.1) is 11.3 Å². The molecule has 21 heavy (non-hydrogen) atoms. The molecule has 6 heteroatoms. The highest BCUT2D eigenvalue weighted by Crippen LogP contribution is 2.40. The maximum atomic E-state index is 4.81. The van der Waals surface area contributed by atoms with E-state index in [0.29, 0.717) is 5.92 Å². The standard InChI is InChI=1S/C15H19BrN4S/c1-9-13(17-2)18-14(11-4-5-11)19-15(9)20(3)7-10-6-12(16)21-8-10/h6,8,11H,4-5,7H2,1-3H3,(H,17,18,19). The van der Waals surface area contributed by atoms with Crippen LogP contribution in [0, 0.1) is 6.92 Å². The Morgan fingerprint density at radius 3 is 2.76 bits per heavy atom. The van der Waals surface area contributed by atoms with Crippen molar-refractivity contribution in [2.75, 3.05) is 24.3 Å². The number of halogens is 1. The van der Waals surface area contributed by atoms with E-state index in [-0.39, 0.29) is 0 Å². The van der Waals surface area contributed by atoms with Crippen molar-refractivity contribution in [2.24, 2.45) is 0 Å². The summed E-state index contributed by atoms with van der Waals surface area (Å²) in [5.74, 6) is 3.51. The van der Waals surface area contributed by atoms with E-state index < -0.39 is 0 Å². The van der Waals surface area contributed by atoms with E-state index in [1.165, 1.54) is 22.2 Å². The number of nitrogens with one attached hydrogen (secondary N) is 1. The summed E-state index contributed by atoms with van der Waals surface area (Å²) in [4.78, 5) is 11.7. The summed E-state index contributed by atoms with van der Waals surface area (Å²) in [6, 6.07) is 2.17. The number of aromatic nitrogens is 2. The predicted octanol–water partition coefficient (Wildman–Crippen LogP) is 4.16. The Bertz CT molecular complexity index is 651. The highest BCUT2D eigenvalue weighted by atomic mass is 79.9. The summed E-state index contributed by atoms with van der Waals surface area (Å²) in [6.45, 7) is 2.94. The molecule has 2 aromatic heterocycles. The molecular weight excluding hydrogens is 348 g/mol. The fourth-order valence-electron chi connectivity index (χ4n) is 2.44. The minimum absolute atomic E-state index is 0.556. The van der Waals surface area contributed by atoms with Crippen LogP contribution in [0.5, 0.6) is 0 Å². The van der Waals surface area contributed by atoms with E-state index >= 15 is 0 Å². The summed E-state index contributed by atoms with van der Waals surface area (Å²) in [5.41, 5.74) is 2.41. The Kier molecular flexibility index (Phi) is 4.17. The molecule has 0 amide bonds. The number of hydrogen-bond donors (Lipinski definition) is 1. The van der Waals surface area contributed by atoms with Gasteiger partial charge in [0.05, 0.1) is 3.79 Å². The molecule has 112 valence electrons. The molecule has 0 radical (unpaired) electrons. The van der Waals surface area contributed by atoms with Crippen LogP contribution in [0.15, 0.2) is 15.2 Å². The lowest BCUT2D eigenvalue weighted by Gasteiger charge is -2.22. The third-order valence-electron chi connectivity index (χ3n) is 3.72. The zero-order valence-electron chi connectivity index (χ0n) is 12.5. The van der Waals surface area contributed by atoms with Crippen molar-refractivity contribution in [3.8, 4) is 0 Å². The molecule has 0 bridgehead atoms. The fraction of sp³-hybridized carbons (Fsp3) is 0.467. The lowest BCUT2D eigenvalue weighted by molar-refractivity contribution is 0.848. The van der Waals surface area contributed by atoms with E-state index in [9.17, 15) is 0 Å². The van der Waals surface area contributed by atoms with Crippen molar-refractivity contribution in [1.82, 2.24) is 9.97 Å². The van der Waals surface area contributed by atoms with Crippen LogP contribution in [0.2, 0.25) is 0 Å². The van der Waals surface area contributed by atoms with Crippen molar-refractivity contribution in [3.63, 3.8) is 0 Å². The monoisotopic (exact) mass is 366 g/mol. The van der Waals surface area contributed by atoms with Crippen LogP contribution in [0.25, 0.3) is 0 Å². The lowest BCUT2D eigenvalue weighted by atomic mass is 10.2. The van der Waals surface area contributed by atoms with Crippen molar-refractivity contribution in [2.45, 2.75) is 32.2 Å². The number of thiophene rings is 1. The van der Waals surface area contributed by atoms with Gasteiger partial charge in [0.1, 0.15) is 17.5 Å². The summed E-state index contributed by atoms with van der Waals surface area (Å²) < 4.78 is 1.17. The van der Waals surface area contributed by atoms with Crippen molar-refractivity contribution in [3.05, 3.63) is 32.2 Å². The third-order valence-corrected chi connectivity index (χ3v) is 5.27. The number of nitrogens with zero attached hydrogens (tertiary/aromatic N) is 3. The molecule has 2 heterocycles. The number of rotatable bonds is 5. The van der Waals surface area contributed by atoms with Gasteiger partial charge in [-0.3, -0.25) is 0 Å². The molecule has 1 N–H and O–H groups in total. The molecular formula is C15H19BrN4S. The first-order valence-electron chi connectivity index (χ1n) is 7.09. The van der Waals surface area contributed by atoms with Crippen LogP contribution in [-0.2, 0) is 6.54 Å². The summed E-state index contributed by atoms with van der Waals surface area (Å²) in [6.07, 6.45) is 2.43. The van der Waals surface area contributed by atoms with Gasteiger partial charge in [0.2, 0.25) is 0 Å². The van der Waals surface area contributed by atoms with E-state index in [2.05, 4.69) is 56.5 Å². The Balaban J connectivity index is 1.90. The summed E-state index contributed by atoms with van der Waals surface area (Å²) in [5, 5.41) is 5.38. The molecule has 0 aliphatic heterocycles. The van der Waals surface area contributed by atoms with Crippen molar-refractivity contribution >= 4 is 38.9 Å². The first-order valence-corrected chi connectivity index (χ1v) is 8.76. The van der Waals surface area contributed by atoms with Gasteiger partial charge >= 0.3 is 0 Å². The maximum Gasteiger partial charge on any atom is 0.137 e. The lowest BCUT2D eigenvalue weighted by Crippen LogP contribution is -2.20. The average molecular weight is 367 g/mol. The van der Waals surface area contributed by atoms with Crippen LogP contribution >= 0.6 is 27.3 Å². The van der Waals surface area contributed by atoms with Gasteiger partial charge in [0.15, 0.2) is 0 Å². The Labute approximate surface area is 137 Å². The van der Waals surface area contributed by atoms with E-state index in [1.807, 2.05) is 7.05 Å². The molecule has 0 atom stereocenters. The second-order valence-corrected chi connectivity index (χ2v) is 7.81. The Morgan fingerprint density at radius 1 is 1.43 bits per heavy atom. The Morgan fingerprint density at radius 2 is 2.19 bits per heavy atom. The molecule has 0 unspecified atom stereocenters. The van der Waals surface area contributed by atoms with Gasteiger partial charge in [-0.2, -0.15) is 0 Å². The molecule has 1 aliphatic rings. The first-order chi connectivity index (χ1) is 10.1. The smallest absolute Gasteiger partial charge is 0.137 e. The van der Waals surface area contributed by atoms with E-state index in [1.54, 1.807) is 11.3 Å². The molecule has 1 saturated carbocycles. The topological polar surface area (TPSA) is 41.1 Å². The van der Waals surface area contributed by atoms with Gasteiger partial charge in [-0.1, -0.05) is 0 Å². The molecule has 4 nitrogen and oxygen atoms in total. The fourth-order valence-corrected chi connectivity index (χ4v) is 3.64. The second kappa shape index (κ2) is 5.93. The van der Waals surface area contributed by atoms with Crippen molar-refractivity contribution < 1.29 is 0 Å². The van der Waals surface area contributed by atoms with Crippen LogP contribution < -0.4 is 10.2 Å². The SMILES string of the molecule is CNc1nc(C2CC2)nc(N(C)Cc2csc(Br)c2)c1C. The zero-order chi connectivity index (χ0) is 15.0. The van der Waals surface area contributed by atoms with Crippen LogP contribution in [0.1, 0.15) is 35.7 Å².